The Morgan fingerprint density at radius 2 is 2.06 bits per heavy atom. The van der Waals surface area contributed by atoms with Crippen molar-refractivity contribution < 1.29 is 4.79 Å². The molecule has 2 heterocycles. The minimum atomic E-state index is -0.0979. The molecule has 18 heavy (non-hydrogen) atoms. The molecular formula is C12H17N5O. The van der Waals surface area contributed by atoms with E-state index in [9.17, 15) is 4.79 Å². The largest absolute Gasteiger partial charge is 0.346 e. The third-order valence-electron chi connectivity index (χ3n) is 3.09. The highest BCUT2D eigenvalue weighted by molar-refractivity contribution is 5.96. The zero-order chi connectivity index (χ0) is 13.3. The topological polar surface area (TPSA) is 64.7 Å². The first-order valence-electron chi connectivity index (χ1n) is 5.76. The first kappa shape index (κ1) is 12.3. The van der Waals surface area contributed by atoms with Crippen LogP contribution in [0, 0.1) is 13.8 Å². The molecule has 1 N–H and O–H groups in total. The fourth-order valence-corrected chi connectivity index (χ4v) is 1.94. The highest BCUT2D eigenvalue weighted by atomic mass is 16.1. The van der Waals surface area contributed by atoms with Crippen LogP contribution in [0.15, 0.2) is 12.3 Å². The summed E-state index contributed by atoms with van der Waals surface area (Å²) in [4.78, 5) is 12.1. The van der Waals surface area contributed by atoms with Gasteiger partial charge in [-0.15, -0.1) is 0 Å². The number of hydrogen-bond acceptors (Lipinski definition) is 3. The van der Waals surface area contributed by atoms with Gasteiger partial charge in [0.1, 0.15) is 0 Å². The molecule has 0 unspecified atom stereocenters. The van der Waals surface area contributed by atoms with Crippen molar-refractivity contribution in [3.63, 3.8) is 0 Å². The molecule has 0 bridgehead atoms. The molecular weight excluding hydrogens is 230 g/mol. The van der Waals surface area contributed by atoms with E-state index >= 15 is 0 Å². The Hall–Kier alpha value is -2.11. The summed E-state index contributed by atoms with van der Waals surface area (Å²) in [6.45, 7) is 4.19. The number of carbonyl (C=O) groups excluding carboxylic acids is 1. The van der Waals surface area contributed by atoms with Gasteiger partial charge in [0.25, 0.3) is 5.91 Å². The molecule has 0 atom stereocenters. The lowest BCUT2D eigenvalue weighted by Crippen LogP contribution is -2.25. The number of nitrogens with one attached hydrogen (secondary N) is 1. The Kier molecular flexibility index (Phi) is 3.18. The van der Waals surface area contributed by atoms with E-state index in [1.54, 1.807) is 15.6 Å². The summed E-state index contributed by atoms with van der Waals surface area (Å²) in [5.74, 6) is -0.0979. The van der Waals surface area contributed by atoms with Gasteiger partial charge in [0, 0.05) is 26.0 Å². The van der Waals surface area contributed by atoms with Crippen LogP contribution >= 0.6 is 0 Å². The van der Waals surface area contributed by atoms with Crippen molar-refractivity contribution >= 4 is 5.91 Å². The second-order valence-electron chi connectivity index (χ2n) is 4.30. The first-order chi connectivity index (χ1) is 8.50. The normalized spacial score (nSPS) is 10.7. The minimum absolute atomic E-state index is 0.0979. The van der Waals surface area contributed by atoms with Gasteiger partial charge in [-0.2, -0.15) is 10.2 Å². The summed E-state index contributed by atoms with van der Waals surface area (Å²) < 4.78 is 3.46. The molecule has 1 amide bonds. The van der Waals surface area contributed by atoms with E-state index in [1.807, 2.05) is 34.0 Å². The van der Waals surface area contributed by atoms with E-state index in [4.69, 9.17) is 0 Å². The average Bonchev–Trinajstić information content (AvgIpc) is 2.81. The van der Waals surface area contributed by atoms with Crippen LogP contribution in [0.4, 0.5) is 0 Å². The van der Waals surface area contributed by atoms with E-state index in [0.29, 0.717) is 12.1 Å². The highest BCUT2D eigenvalue weighted by Gasteiger charge is 2.17. The lowest BCUT2D eigenvalue weighted by atomic mass is 10.2. The molecule has 0 aliphatic carbocycles. The van der Waals surface area contributed by atoms with Crippen molar-refractivity contribution in [3.8, 4) is 0 Å². The van der Waals surface area contributed by atoms with Crippen molar-refractivity contribution in [1.82, 2.24) is 24.9 Å². The van der Waals surface area contributed by atoms with Crippen LogP contribution in [0.1, 0.15) is 27.4 Å². The van der Waals surface area contributed by atoms with Crippen molar-refractivity contribution in [2.24, 2.45) is 14.1 Å². The molecule has 2 aromatic rings. The molecule has 0 aliphatic heterocycles. The maximum Gasteiger partial charge on any atom is 0.255 e. The molecule has 2 aromatic heterocycles. The molecule has 0 aliphatic rings. The van der Waals surface area contributed by atoms with E-state index in [1.165, 1.54) is 0 Å². The highest BCUT2D eigenvalue weighted by Crippen LogP contribution is 2.11. The van der Waals surface area contributed by atoms with Crippen molar-refractivity contribution in [3.05, 3.63) is 34.9 Å². The Bertz CT molecular complexity index is 581. The summed E-state index contributed by atoms with van der Waals surface area (Å²) in [5.41, 5.74) is 3.23. The molecule has 0 aromatic carbocycles. The van der Waals surface area contributed by atoms with Crippen molar-refractivity contribution in [2.45, 2.75) is 20.4 Å². The Morgan fingerprint density at radius 1 is 1.33 bits per heavy atom. The quantitative estimate of drug-likeness (QED) is 0.868. The third kappa shape index (κ3) is 2.13. The van der Waals surface area contributed by atoms with Crippen molar-refractivity contribution in [2.75, 3.05) is 0 Å². The summed E-state index contributed by atoms with van der Waals surface area (Å²) in [5, 5.41) is 11.2. The lowest BCUT2D eigenvalue weighted by molar-refractivity contribution is 0.0948. The minimum Gasteiger partial charge on any atom is -0.346 e. The smallest absolute Gasteiger partial charge is 0.255 e. The van der Waals surface area contributed by atoms with E-state index in [0.717, 1.165) is 17.1 Å². The van der Waals surface area contributed by atoms with Gasteiger partial charge in [-0.05, 0) is 19.9 Å². The fourth-order valence-electron chi connectivity index (χ4n) is 1.94. The van der Waals surface area contributed by atoms with Crippen LogP contribution in [-0.2, 0) is 20.6 Å². The van der Waals surface area contributed by atoms with Gasteiger partial charge in [-0.3, -0.25) is 14.2 Å². The van der Waals surface area contributed by atoms with Gasteiger partial charge in [0.2, 0.25) is 0 Å². The SMILES string of the molecule is Cc1nn(C)c(C)c1C(=O)NCc1ccnn1C. The van der Waals surface area contributed by atoms with E-state index < -0.39 is 0 Å². The first-order valence-corrected chi connectivity index (χ1v) is 5.76. The zero-order valence-corrected chi connectivity index (χ0v) is 11.1. The van der Waals surface area contributed by atoms with Gasteiger partial charge in [-0.25, -0.2) is 0 Å². The number of hydrogen-bond donors (Lipinski definition) is 1. The Morgan fingerprint density at radius 3 is 2.56 bits per heavy atom. The molecule has 0 spiro atoms. The average molecular weight is 247 g/mol. The van der Waals surface area contributed by atoms with Crippen LogP contribution < -0.4 is 5.32 Å². The Labute approximate surface area is 106 Å². The molecule has 0 fully saturated rings. The molecule has 6 nitrogen and oxygen atoms in total. The van der Waals surface area contributed by atoms with Gasteiger partial charge in [0.15, 0.2) is 0 Å². The zero-order valence-electron chi connectivity index (χ0n) is 11.1. The van der Waals surface area contributed by atoms with Gasteiger partial charge < -0.3 is 5.32 Å². The molecule has 0 saturated heterocycles. The second kappa shape index (κ2) is 4.64. The number of amides is 1. The number of rotatable bonds is 3. The maximum atomic E-state index is 12.1. The fraction of sp³-hybridized carbons (Fsp3) is 0.417. The van der Waals surface area contributed by atoms with Crippen LogP contribution in [0.25, 0.3) is 0 Å². The molecule has 96 valence electrons. The van der Waals surface area contributed by atoms with E-state index in [-0.39, 0.29) is 5.91 Å². The van der Waals surface area contributed by atoms with Crippen LogP contribution in [0.3, 0.4) is 0 Å². The molecule has 0 radical (unpaired) electrons. The van der Waals surface area contributed by atoms with Crippen LogP contribution in [-0.4, -0.2) is 25.5 Å². The number of aryl methyl sites for hydroxylation is 3. The van der Waals surface area contributed by atoms with Gasteiger partial charge >= 0.3 is 0 Å². The predicted octanol–water partition coefficient (Wildman–Crippen LogP) is 0.700. The summed E-state index contributed by atoms with van der Waals surface area (Å²) in [6.07, 6.45) is 1.71. The maximum absolute atomic E-state index is 12.1. The monoisotopic (exact) mass is 247 g/mol. The number of carbonyl (C=O) groups is 1. The number of aromatic nitrogens is 4. The van der Waals surface area contributed by atoms with Gasteiger partial charge in [0.05, 0.1) is 23.5 Å². The van der Waals surface area contributed by atoms with E-state index in [2.05, 4.69) is 15.5 Å². The summed E-state index contributed by atoms with van der Waals surface area (Å²) in [6, 6.07) is 1.88. The summed E-state index contributed by atoms with van der Waals surface area (Å²) in [7, 11) is 3.68. The van der Waals surface area contributed by atoms with Crippen molar-refractivity contribution in [1.29, 1.82) is 0 Å². The third-order valence-corrected chi connectivity index (χ3v) is 3.09. The molecule has 2 rings (SSSR count). The molecule has 6 heteroatoms. The second-order valence-corrected chi connectivity index (χ2v) is 4.30. The lowest BCUT2D eigenvalue weighted by Gasteiger charge is -2.06. The number of nitrogens with zero attached hydrogens (tertiary/aromatic N) is 4. The Balaban J connectivity index is 2.11. The standard InChI is InChI=1S/C12H17N5O/c1-8-11(9(2)16(3)15-8)12(18)13-7-10-5-6-14-17(10)4/h5-6H,7H2,1-4H3,(H,13,18). The van der Waals surface area contributed by atoms with Gasteiger partial charge in [-0.1, -0.05) is 0 Å². The van der Waals surface area contributed by atoms with Crippen LogP contribution in [0.5, 0.6) is 0 Å². The summed E-state index contributed by atoms with van der Waals surface area (Å²) >= 11 is 0. The predicted molar refractivity (Wildman–Crippen MR) is 67.1 cm³/mol. The molecule has 0 saturated carbocycles. The van der Waals surface area contributed by atoms with Crippen LogP contribution in [0.2, 0.25) is 0 Å².